The quantitative estimate of drug-likeness (QED) is 0.589. The van der Waals surface area contributed by atoms with Gasteiger partial charge in [-0.15, -0.1) is 23.2 Å². The summed E-state index contributed by atoms with van der Waals surface area (Å²) in [5.41, 5.74) is 0. The number of hydrogen-bond donors (Lipinski definition) is 0. The minimum atomic E-state index is -1.15. The van der Waals surface area contributed by atoms with Crippen LogP contribution in [0, 0.1) is 0 Å². The first-order chi connectivity index (χ1) is 3.75. The van der Waals surface area contributed by atoms with E-state index < -0.39 is 11.9 Å². The average Bonchev–Trinajstić information content (AvgIpc) is 1.84. The molecule has 1 rings (SSSR count). The first-order valence-electron chi connectivity index (χ1n) is 1.88. The van der Waals surface area contributed by atoms with E-state index in [1.54, 1.807) is 0 Å². The Morgan fingerprint density at radius 3 is 0.889 bits per heavy atom. The van der Waals surface area contributed by atoms with E-state index in [0.717, 1.165) is 0 Å². The smallest absolute Gasteiger partial charge is 0.100 e. The third-order valence-electron chi connectivity index (χ3n) is 1.12. The molecule has 54 valence electrons. The van der Waals surface area contributed by atoms with Gasteiger partial charge >= 0.3 is 0 Å². The standard InChI is InChI=1S/C3Br2Cl4/c4-1(6)2(5,7)3(1,8)9/t1-,2-/m0/s1. The van der Waals surface area contributed by atoms with Crippen molar-refractivity contribution in [3.05, 3.63) is 0 Å². The van der Waals surface area contributed by atoms with Crippen LogP contribution in [0.5, 0.6) is 0 Å². The molecule has 0 bridgehead atoms. The molecule has 0 aromatic heterocycles. The van der Waals surface area contributed by atoms with E-state index in [9.17, 15) is 0 Å². The molecule has 6 heteroatoms. The lowest BCUT2D eigenvalue weighted by atomic mass is 10.9. The Morgan fingerprint density at radius 2 is 0.889 bits per heavy atom. The molecule has 1 aliphatic rings. The van der Waals surface area contributed by atoms with Gasteiger partial charge in [0, 0.05) is 0 Å². The molecule has 0 aromatic rings. The fourth-order valence-electron chi connectivity index (χ4n) is 0.356. The molecule has 0 N–H and O–H groups in total. The highest BCUT2D eigenvalue weighted by Gasteiger charge is 2.86. The highest BCUT2D eigenvalue weighted by atomic mass is 79.9. The maximum absolute atomic E-state index is 5.70. The zero-order valence-electron chi connectivity index (χ0n) is 3.77. The van der Waals surface area contributed by atoms with Gasteiger partial charge < -0.3 is 0 Å². The molecular formula is C3Br2Cl4. The predicted molar refractivity (Wildman–Crippen MR) is 49.5 cm³/mol. The second-order valence-electron chi connectivity index (χ2n) is 1.72. The van der Waals surface area contributed by atoms with Gasteiger partial charge in [0.2, 0.25) is 0 Å². The number of alkyl halides is 6. The zero-order valence-corrected chi connectivity index (χ0v) is 9.96. The molecule has 0 radical (unpaired) electrons. The van der Waals surface area contributed by atoms with Crippen molar-refractivity contribution >= 4 is 78.3 Å². The molecule has 9 heavy (non-hydrogen) atoms. The van der Waals surface area contributed by atoms with Gasteiger partial charge in [0.05, 0.1) is 0 Å². The summed E-state index contributed by atoms with van der Waals surface area (Å²) in [6, 6.07) is 0. The summed E-state index contributed by atoms with van der Waals surface area (Å²) >= 11 is 28.8. The van der Waals surface area contributed by atoms with Gasteiger partial charge in [-0.1, -0.05) is 55.1 Å². The van der Waals surface area contributed by atoms with Crippen molar-refractivity contribution in [1.82, 2.24) is 0 Å². The zero-order chi connectivity index (χ0) is 7.50. The molecule has 0 aliphatic heterocycles. The molecule has 1 aliphatic carbocycles. The van der Waals surface area contributed by atoms with Crippen LogP contribution in [0.2, 0.25) is 0 Å². The summed E-state index contributed by atoms with van der Waals surface area (Å²) in [5, 5.41) is 0. The summed E-state index contributed by atoms with van der Waals surface area (Å²) < 4.78 is -3.07. The lowest BCUT2D eigenvalue weighted by Crippen LogP contribution is -1.95. The topological polar surface area (TPSA) is 0 Å². The Morgan fingerprint density at radius 1 is 0.778 bits per heavy atom. The van der Waals surface area contributed by atoms with Gasteiger partial charge in [0.15, 0.2) is 11.9 Å². The van der Waals surface area contributed by atoms with Crippen molar-refractivity contribution in [2.24, 2.45) is 0 Å². The highest BCUT2D eigenvalue weighted by molar-refractivity contribution is 9.14. The third-order valence-corrected chi connectivity index (χ3v) is 8.15. The molecule has 1 fully saturated rings. The van der Waals surface area contributed by atoms with Crippen LogP contribution in [-0.4, -0.2) is 11.9 Å². The van der Waals surface area contributed by atoms with Gasteiger partial charge in [-0.3, -0.25) is 0 Å². The second-order valence-corrected chi connectivity index (χ2v) is 7.48. The van der Waals surface area contributed by atoms with Crippen LogP contribution in [0.15, 0.2) is 0 Å². The minimum Gasteiger partial charge on any atom is -0.100 e. The summed E-state index contributed by atoms with van der Waals surface area (Å²) in [5.74, 6) is 0. The summed E-state index contributed by atoms with van der Waals surface area (Å²) in [7, 11) is 0. The van der Waals surface area contributed by atoms with Crippen molar-refractivity contribution in [2.45, 2.75) is 11.9 Å². The van der Waals surface area contributed by atoms with E-state index in [2.05, 4.69) is 31.9 Å². The third kappa shape index (κ3) is 0.907. The monoisotopic (exact) mass is 334 g/mol. The van der Waals surface area contributed by atoms with Crippen LogP contribution < -0.4 is 0 Å². The van der Waals surface area contributed by atoms with Crippen LogP contribution in [0.1, 0.15) is 0 Å². The summed E-state index contributed by atoms with van der Waals surface area (Å²) in [6.45, 7) is 0. The van der Waals surface area contributed by atoms with E-state index in [4.69, 9.17) is 46.4 Å². The Labute approximate surface area is 89.4 Å². The SMILES string of the molecule is ClC1(Cl)[C@](Cl)(Br)[C@@]1(Cl)Br. The Kier molecular flexibility index (Phi) is 2.13. The van der Waals surface area contributed by atoms with Crippen LogP contribution in [0.4, 0.5) is 0 Å². The molecule has 2 atom stereocenters. The van der Waals surface area contributed by atoms with Gasteiger partial charge in [-0.2, -0.15) is 0 Å². The number of hydrogen-bond acceptors (Lipinski definition) is 0. The van der Waals surface area contributed by atoms with Crippen molar-refractivity contribution in [3.63, 3.8) is 0 Å². The van der Waals surface area contributed by atoms with Crippen molar-refractivity contribution in [3.8, 4) is 0 Å². The van der Waals surface area contributed by atoms with Crippen molar-refractivity contribution in [2.75, 3.05) is 0 Å². The van der Waals surface area contributed by atoms with Gasteiger partial charge in [-0.05, 0) is 0 Å². The van der Waals surface area contributed by atoms with Gasteiger partial charge in [0.25, 0.3) is 0 Å². The largest absolute Gasteiger partial charge is 0.181 e. The average molecular weight is 338 g/mol. The predicted octanol–water partition coefficient (Wildman–Crippen LogP) is 3.83. The molecule has 0 nitrogen and oxygen atoms in total. The first kappa shape index (κ1) is 9.21. The second kappa shape index (κ2) is 2.08. The van der Waals surface area contributed by atoms with Crippen LogP contribution in [0.25, 0.3) is 0 Å². The first-order valence-corrected chi connectivity index (χ1v) is 4.98. The number of rotatable bonds is 0. The molecule has 1 saturated carbocycles. The van der Waals surface area contributed by atoms with Crippen molar-refractivity contribution < 1.29 is 0 Å². The maximum atomic E-state index is 5.70. The molecule has 0 unspecified atom stereocenters. The molecule has 0 aromatic carbocycles. The van der Waals surface area contributed by atoms with E-state index in [1.807, 2.05) is 0 Å². The molecular weight excluding hydrogens is 338 g/mol. The fourth-order valence-corrected chi connectivity index (χ4v) is 3.48. The van der Waals surface area contributed by atoms with Crippen LogP contribution in [0.3, 0.4) is 0 Å². The van der Waals surface area contributed by atoms with E-state index in [0.29, 0.717) is 0 Å². The maximum Gasteiger partial charge on any atom is 0.181 e. The van der Waals surface area contributed by atoms with E-state index in [1.165, 1.54) is 0 Å². The number of halogens is 6. The summed E-state index contributed by atoms with van der Waals surface area (Å²) in [6.07, 6.45) is 0. The Balaban J connectivity index is 2.91. The highest BCUT2D eigenvalue weighted by Crippen LogP contribution is 2.78. The molecule has 0 heterocycles. The molecule has 0 saturated heterocycles. The minimum absolute atomic E-state index is 0.961. The molecule has 0 amide bonds. The normalized spacial score (nSPS) is 55.3. The van der Waals surface area contributed by atoms with Crippen LogP contribution in [-0.2, 0) is 0 Å². The van der Waals surface area contributed by atoms with Gasteiger partial charge in [0.1, 0.15) is 0 Å². The fraction of sp³-hybridized carbons (Fsp3) is 1.00. The Hall–Kier alpha value is 2.12. The lowest BCUT2D eigenvalue weighted by molar-refractivity contribution is 1.32. The summed E-state index contributed by atoms with van der Waals surface area (Å²) in [4.78, 5) is 0. The van der Waals surface area contributed by atoms with E-state index in [-0.39, 0.29) is 0 Å². The van der Waals surface area contributed by atoms with E-state index >= 15 is 0 Å². The van der Waals surface area contributed by atoms with Crippen molar-refractivity contribution in [1.29, 1.82) is 0 Å². The van der Waals surface area contributed by atoms with Crippen LogP contribution >= 0.6 is 78.3 Å². The Bertz CT molecular complexity index is 111. The van der Waals surface area contributed by atoms with Gasteiger partial charge in [-0.25, -0.2) is 0 Å². The molecule has 0 spiro atoms. The lowest BCUT2D eigenvalue weighted by Gasteiger charge is -1.92.